The van der Waals surface area contributed by atoms with Gasteiger partial charge in [-0.3, -0.25) is 0 Å². The van der Waals surface area contributed by atoms with Crippen molar-refractivity contribution in [3.63, 3.8) is 0 Å². The molecule has 0 heterocycles. The summed E-state index contributed by atoms with van der Waals surface area (Å²) >= 11 is 4.33. The maximum absolute atomic E-state index is 10.1. The van der Waals surface area contributed by atoms with Crippen molar-refractivity contribution in [3.05, 3.63) is 0 Å². The largest absolute Gasteiger partial charge is 0.234 e. The van der Waals surface area contributed by atoms with Crippen molar-refractivity contribution in [2.45, 2.75) is 7.43 Å². The van der Waals surface area contributed by atoms with Gasteiger partial charge in [-0.05, 0) is 0 Å². The molecule has 0 aliphatic carbocycles. The van der Waals surface area contributed by atoms with Crippen molar-refractivity contribution >= 4 is 11.6 Å². The Morgan fingerprint density at radius 1 is 1.75 bits per heavy atom. The Labute approximate surface area is 30.6 Å². The second kappa shape index (κ2) is 10.7. The van der Waals surface area contributed by atoms with Gasteiger partial charge in [0, 0.05) is 0 Å². The summed E-state index contributed by atoms with van der Waals surface area (Å²) in [7, 11) is 0. The van der Waals surface area contributed by atoms with Crippen LogP contribution in [0.1, 0.15) is 7.43 Å². The maximum Gasteiger partial charge on any atom is 0.163 e. The van der Waals surface area contributed by atoms with Crippen molar-refractivity contribution < 1.29 is 4.39 Å². The van der Waals surface area contributed by atoms with Gasteiger partial charge in [-0.2, -0.15) is 0 Å². The molecule has 0 amide bonds. The third-order valence-electron chi connectivity index (χ3n) is 0. The van der Waals surface area contributed by atoms with E-state index in [9.17, 15) is 4.39 Å². The summed E-state index contributed by atoms with van der Waals surface area (Å²) in [5.74, 6) is 0. The van der Waals surface area contributed by atoms with Crippen LogP contribution in [0.5, 0.6) is 0 Å². The van der Waals surface area contributed by atoms with Crippen molar-refractivity contribution in [2.75, 3.05) is 6.13 Å². The summed E-state index contributed by atoms with van der Waals surface area (Å²) in [6.45, 7) is 0. The molecule has 0 N–H and O–H groups in total. The Morgan fingerprint density at radius 2 is 1.75 bits per heavy atom. The van der Waals surface area contributed by atoms with Gasteiger partial charge >= 0.3 is 0 Å². The highest BCUT2D eigenvalue weighted by molar-refractivity contribution is 6.16. The third kappa shape index (κ3) is 68.3. The SMILES string of the molecule is C.FCCl. The Bertz CT molecular complexity index is 6.00. The van der Waals surface area contributed by atoms with Crippen LogP contribution in [-0.2, 0) is 0 Å². The van der Waals surface area contributed by atoms with E-state index < -0.39 is 6.13 Å². The van der Waals surface area contributed by atoms with Crippen LogP contribution in [0.3, 0.4) is 0 Å². The molecule has 0 aromatic rings. The number of hydrogen-bond donors (Lipinski definition) is 0. The minimum Gasteiger partial charge on any atom is -0.234 e. The van der Waals surface area contributed by atoms with Crippen molar-refractivity contribution in [1.29, 1.82) is 0 Å². The van der Waals surface area contributed by atoms with Crippen LogP contribution in [0.15, 0.2) is 0 Å². The van der Waals surface area contributed by atoms with Gasteiger partial charge in [0.15, 0.2) is 6.13 Å². The molecule has 28 valence electrons. The zero-order chi connectivity index (χ0) is 2.71. The number of rotatable bonds is 0. The van der Waals surface area contributed by atoms with Crippen molar-refractivity contribution in [3.8, 4) is 0 Å². The molecule has 0 aromatic carbocycles. The van der Waals surface area contributed by atoms with Gasteiger partial charge in [-0.15, -0.1) is 0 Å². The van der Waals surface area contributed by atoms with Gasteiger partial charge in [0.05, 0.1) is 0 Å². The average molecular weight is 84.5 g/mol. The van der Waals surface area contributed by atoms with E-state index >= 15 is 0 Å². The molecule has 4 heavy (non-hydrogen) atoms. The normalized spacial score (nSPS) is 4.50. The molecule has 0 saturated heterocycles. The molecule has 0 unspecified atom stereocenters. The predicted molar refractivity (Wildman–Crippen MR) is 18.6 cm³/mol. The van der Waals surface area contributed by atoms with Crippen LogP contribution >= 0.6 is 11.6 Å². The topological polar surface area (TPSA) is 0 Å². The van der Waals surface area contributed by atoms with Crippen LogP contribution < -0.4 is 0 Å². The van der Waals surface area contributed by atoms with Gasteiger partial charge in [0.25, 0.3) is 0 Å². The molecule has 0 aliphatic heterocycles. The van der Waals surface area contributed by atoms with E-state index in [4.69, 9.17) is 0 Å². The highest BCUT2D eigenvalue weighted by atomic mass is 35.5. The Morgan fingerprint density at radius 3 is 1.75 bits per heavy atom. The highest BCUT2D eigenvalue weighted by Gasteiger charge is 1.43. The van der Waals surface area contributed by atoms with Gasteiger partial charge in [0.2, 0.25) is 0 Å². The minimum atomic E-state index is -0.778. The number of alkyl halides is 2. The van der Waals surface area contributed by atoms with E-state index in [1.165, 1.54) is 0 Å². The zero-order valence-electron chi connectivity index (χ0n) is 1.46. The second-order valence-corrected chi connectivity index (χ2v) is 0.303. The molecule has 0 bridgehead atoms. The fraction of sp³-hybridized carbons (Fsp3) is 1.00. The molecular formula is C2H6ClF. The van der Waals surface area contributed by atoms with E-state index in [1.54, 1.807) is 0 Å². The van der Waals surface area contributed by atoms with Gasteiger partial charge < -0.3 is 0 Å². The van der Waals surface area contributed by atoms with Gasteiger partial charge in [-0.25, -0.2) is 4.39 Å². The zero-order valence-corrected chi connectivity index (χ0v) is 2.22. The van der Waals surface area contributed by atoms with Crippen LogP contribution in [-0.4, -0.2) is 6.13 Å². The third-order valence-corrected chi connectivity index (χ3v) is 0. The summed E-state index contributed by atoms with van der Waals surface area (Å²) in [5.41, 5.74) is 0. The molecule has 0 spiro atoms. The minimum absolute atomic E-state index is 0. The molecular weight excluding hydrogens is 78.5 g/mol. The van der Waals surface area contributed by atoms with Crippen LogP contribution in [0.4, 0.5) is 4.39 Å². The second-order valence-electron chi connectivity index (χ2n) is 0.101. The molecule has 0 rings (SSSR count). The van der Waals surface area contributed by atoms with Crippen LogP contribution in [0.25, 0.3) is 0 Å². The first kappa shape index (κ1) is 8.88. The molecule has 0 saturated carbocycles. The van der Waals surface area contributed by atoms with Crippen molar-refractivity contribution in [2.24, 2.45) is 0 Å². The van der Waals surface area contributed by atoms with Crippen molar-refractivity contribution in [1.82, 2.24) is 0 Å². The standard InChI is InChI=1S/CH2ClF.CH4/c2-1-3;/h1H2;1H4. The molecule has 0 nitrogen and oxygen atoms in total. The average Bonchev–Trinajstić information content (AvgIpc) is 0.918. The first-order valence-corrected chi connectivity index (χ1v) is 1.07. The summed E-state index contributed by atoms with van der Waals surface area (Å²) in [4.78, 5) is 0. The molecule has 2 heteroatoms. The summed E-state index contributed by atoms with van der Waals surface area (Å²) < 4.78 is 10.1. The van der Waals surface area contributed by atoms with E-state index in [-0.39, 0.29) is 7.43 Å². The predicted octanol–water partition coefficient (Wildman–Crippen LogP) is 1.79. The lowest BCUT2D eigenvalue weighted by Gasteiger charge is -1.42. The summed E-state index contributed by atoms with van der Waals surface area (Å²) in [5, 5.41) is 0. The summed E-state index contributed by atoms with van der Waals surface area (Å²) in [6, 6.07) is 0. The number of hydrogen-bond acceptors (Lipinski definition) is 0. The Balaban J connectivity index is 0. The fourth-order valence-corrected chi connectivity index (χ4v) is 0. The molecule has 0 aromatic heterocycles. The lowest BCUT2D eigenvalue weighted by molar-refractivity contribution is 0.599. The molecule has 0 aliphatic rings. The first-order chi connectivity index (χ1) is 1.41. The van der Waals surface area contributed by atoms with E-state index in [1.807, 2.05) is 0 Å². The maximum atomic E-state index is 10.1. The van der Waals surface area contributed by atoms with Crippen LogP contribution in [0.2, 0.25) is 0 Å². The number of halogens is 2. The lowest BCUT2D eigenvalue weighted by Crippen LogP contribution is -1.29. The lowest BCUT2D eigenvalue weighted by atomic mass is 11.8. The molecule has 0 radical (unpaired) electrons. The Kier molecular flexibility index (Phi) is 23.7. The smallest absolute Gasteiger partial charge is 0.163 e. The van der Waals surface area contributed by atoms with Gasteiger partial charge in [-0.1, -0.05) is 19.0 Å². The molecule has 0 fully saturated rings. The monoisotopic (exact) mass is 84.0 g/mol. The fourth-order valence-electron chi connectivity index (χ4n) is 0. The first-order valence-electron chi connectivity index (χ1n) is 0.535. The Hall–Kier alpha value is 0.220. The van der Waals surface area contributed by atoms with Gasteiger partial charge in [0.1, 0.15) is 0 Å². The van der Waals surface area contributed by atoms with Crippen LogP contribution in [0, 0.1) is 0 Å². The van der Waals surface area contributed by atoms with E-state index in [0.29, 0.717) is 0 Å². The highest BCUT2D eigenvalue weighted by Crippen LogP contribution is 1.65. The van der Waals surface area contributed by atoms with E-state index in [0.717, 1.165) is 0 Å². The summed E-state index contributed by atoms with van der Waals surface area (Å²) in [6.07, 6.45) is -0.778. The molecule has 0 atom stereocenters. The van der Waals surface area contributed by atoms with E-state index in [2.05, 4.69) is 11.6 Å². The quantitative estimate of drug-likeness (QED) is 0.393.